The summed E-state index contributed by atoms with van der Waals surface area (Å²) < 4.78 is 1.10. The molecule has 2 nitrogen and oxygen atoms in total. The van der Waals surface area contributed by atoms with E-state index in [-0.39, 0.29) is 0 Å². The molecule has 96 valence electrons. The van der Waals surface area contributed by atoms with Gasteiger partial charge < -0.3 is 10.6 Å². The number of anilines is 1. The van der Waals surface area contributed by atoms with Gasteiger partial charge in [-0.2, -0.15) is 11.8 Å². The van der Waals surface area contributed by atoms with E-state index in [9.17, 15) is 0 Å². The molecule has 1 atom stereocenters. The molecule has 0 saturated heterocycles. The molecule has 0 amide bonds. The van der Waals surface area contributed by atoms with Crippen molar-refractivity contribution in [1.29, 1.82) is 0 Å². The van der Waals surface area contributed by atoms with Crippen molar-refractivity contribution in [2.75, 3.05) is 24.0 Å². The molecule has 4 heteroatoms. The third kappa shape index (κ3) is 3.90. The lowest BCUT2D eigenvalue weighted by Gasteiger charge is -2.29. The molecule has 0 spiro atoms. The maximum absolute atomic E-state index is 5.66. The quantitative estimate of drug-likeness (QED) is 0.871. The minimum absolute atomic E-state index is 0.576. The molecule has 2 N–H and O–H groups in total. The lowest BCUT2D eigenvalue weighted by atomic mass is 10.1. The first-order chi connectivity index (χ1) is 8.13. The summed E-state index contributed by atoms with van der Waals surface area (Å²) in [5.41, 5.74) is 8.06. The number of nitrogens with zero attached hydrogens (tertiary/aromatic N) is 1. The van der Waals surface area contributed by atoms with Crippen LogP contribution in [0.1, 0.15) is 18.9 Å². The summed E-state index contributed by atoms with van der Waals surface area (Å²) in [6.07, 6.45) is 3.32. The fraction of sp³-hybridized carbons (Fsp3) is 0.538. The molecule has 0 aromatic heterocycles. The van der Waals surface area contributed by atoms with Crippen LogP contribution in [0.15, 0.2) is 22.7 Å². The summed E-state index contributed by atoms with van der Waals surface area (Å²) in [7, 11) is 2.16. The van der Waals surface area contributed by atoms with Crippen molar-refractivity contribution >= 4 is 33.4 Å². The molecule has 0 saturated carbocycles. The lowest BCUT2D eigenvalue weighted by Crippen LogP contribution is -2.33. The van der Waals surface area contributed by atoms with Gasteiger partial charge in [0, 0.05) is 35.5 Å². The first-order valence-corrected chi connectivity index (χ1v) is 8.03. The molecule has 17 heavy (non-hydrogen) atoms. The van der Waals surface area contributed by atoms with Crippen LogP contribution >= 0.6 is 27.7 Å². The van der Waals surface area contributed by atoms with Gasteiger partial charge >= 0.3 is 0 Å². The lowest BCUT2D eigenvalue weighted by molar-refractivity contribution is 0.673. The number of halogens is 1. The van der Waals surface area contributed by atoms with Crippen molar-refractivity contribution in [2.45, 2.75) is 25.9 Å². The summed E-state index contributed by atoms with van der Waals surface area (Å²) in [5.74, 6) is 1.16. The van der Waals surface area contributed by atoms with Crippen LogP contribution in [0.4, 0.5) is 5.69 Å². The SMILES string of the molecule is CCC(CSC)N(C)c1ccc(CN)c(Br)c1. The molecule has 1 rings (SSSR count). The van der Waals surface area contributed by atoms with Crippen LogP contribution in [0.25, 0.3) is 0 Å². The van der Waals surface area contributed by atoms with Gasteiger partial charge in [0.25, 0.3) is 0 Å². The van der Waals surface area contributed by atoms with E-state index in [0.29, 0.717) is 12.6 Å². The van der Waals surface area contributed by atoms with E-state index in [4.69, 9.17) is 5.73 Å². The topological polar surface area (TPSA) is 29.3 Å². The van der Waals surface area contributed by atoms with E-state index in [1.165, 1.54) is 5.69 Å². The first-order valence-electron chi connectivity index (χ1n) is 5.84. The van der Waals surface area contributed by atoms with Gasteiger partial charge in [-0.3, -0.25) is 0 Å². The van der Waals surface area contributed by atoms with Crippen molar-refractivity contribution in [3.8, 4) is 0 Å². The Labute approximate surface area is 117 Å². The van der Waals surface area contributed by atoms with Gasteiger partial charge in [0.1, 0.15) is 0 Å². The van der Waals surface area contributed by atoms with E-state index < -0.39 is 0 Å². The molecule has 0 bridgehead atoms. The molecule has 1 unspecified atom stereocenters. The Kier molecular flexibility index (Phi) is 6.38. The molecule has 1 aromatic rings. The summed E-state index contributed by atoms with van der Waals surface area (Å²) in [4.78, 5) is 2.35. The van der Waals surface area contributed by atoms with Gasteiger partial charge in [0.15, 0.2) is 0 Å². The summed E-state index contributed by atoms with van der Waals surface area (Å²) >= 11 is 5.47. The predicted molar refractivity (Wildman–Crippen MR) is 82.9 cm³/mol. The van der Waals surface area contributed by atoms with Crippen LogP contribution in [0.2, 0.25) is 0 Å². The third-order valence-electron chi connectivity index (χ3n) is 3.04. The van der Waals surface area contributed by atoms with E-state index in [1.807, 2.05) is 11.8 Å². The first kappa shape index (κ1) is 14.9. The summed E-state index contributed by atoms with van der Waals surface area (Å²) in [6, 6.07) is 6.99. The summed E-state index contributed by atoms with van der Waals surface area (Å²) in [6.45, 7) is 2.81. The molecular formula is C13H21BrN2S. The van der Waals surface area contributed by atoms with Crippen LogP contribution in [-0.4, -0.2) is 25.1 Å². The highest BCUT2D eigenvalue weighted by Gasteiger charge is 2.13. The smallest absolute Gasteiger partial charge is 0.0377 e. The average Bonchev–Trinajstić information content (AvgIpc) is 2.35. The highest BCUT2D eigenvalue weighted by Crippen LogP contribution is 2.25. The molecule has 1 aromatic carbocycles. The zero-order chi connectivity index (χ0) is 12.8. The number of rotatable bonds is 6. The molecule has 0 aliphatic rings. The number of thioether (sulfide) groups is 1. The average molecular weight is 317 g/mol. The van der Waals surface area contributed by atoms with Crippen molar-refractivity contribution in [1.82, 2.24) is 0 Å². The van der Waals surface area contributed by atoms with Crippen molar-refractivity contribution in [3.05, 3.63) is 28.2 Å². The molecule has 0 aliphatic heterocycles. The van der Waals surface area contributed by atoms with E-state index in [2.05, 4.69) is 59.3 Å². The van der Waals surface area contributed by atoms with Crippen molar-refractivity contribution < 1.29 is 0 Å². The zero-order valence-electron chi connectivity index (χ0n) is 10.7. The van der Waals surface area contributed by atoms with Crippen LogP contribution in [0.5, 0.6) is 0 Å². The highest BCUT2D eigenvalue weighted by atomic mass is 79.9. The van der Waals surface area contributed by atoms with Crippen LogP contribution in [-0.2, 0) is 6.54 Å². The van der Waals surface area contributed by atoms with Crippen LogP contribution < -0.4 is 10.6 Å². The second-order valence-corrected chi connectivity index (χ2v) is 5.87. The fourth-order valence-corrected chi connectivity index (χ4v) is 3.20. The van der Waals surface area contributed by atoms with Gasteiger partial charge in [-0.1, -0.05) is 28.9 Å². The van der Waals surface area contributed by atoms with Crippen LogP contribution in [0.3, 0.4) is 0 Å². The van der Waals surface area contributed by atoms with Gasteiger partial charge in [0.05, 0.1) is 0 Å². The molecule has 0 radical (unpaired) electrons. The zero-order valence-corrected chi connectivity index (χ0v) is 13.1. The molecule has 0 aliphatic carbocycles. The van der Waals surface area contributed by atoms with Gasteiger partial charge in [-0.25, -0.2) is 0 Å². The van der Waals surface area contributed by atoms with E-state index in [1.54, 1.807) is 0 Å². The van der Waals surface area contributed by atoms with Gasteiger partial charge in [-0.15, -0.1) is 0 Å². The Balaban J connectivity index is 2.87. The predicted octanol–water partition coefficient (Wildman–Crippen LogP) is 3.49. The third-order valence-corrected chi connectivity index (χ3v) is 4.50. The van der Waals surface area contributed by atoms with E-state index in [0.717, 1.165) is 22.2 Å². The van der Waals surface area contributed by atoms with Gasteiger partial charge in [-0.05, 0) is 30.4 Å². The largest absolute Gasteiger partial charge is 0.371 e. The number of hydrogen-bond acceptors (Lipinski definition) is 3. The number of hydrogen-bond donors (Lipinski definition) is 1. The van der Waals surface area contributed by atoms with Crippen molar-refractivity contribution in [2.24, 2.45) is 5.73 Å². The number of nitrogens with two attached hydrogens (primary N) is 1. The molecular weight excluding hydrogens is 296 g/mol. The standard InChI is InChI=1S/C13H21BrN2S/c1-4-11(9-17-3)16(2)12-6-5-10(8-15)13(14)7-12/h5-7,11H,4,8-9,15H2,1-3H3. The Hall–Kier alpha value is -0.190. The summed E-state index contributed by atoms with van der Waals surface area (Å²) in [5, 5.41) is 0. The monoisotopic (exact) mass is 316 g/mol. The minimum Gasteiger partial charge on any atom is -0.371 e. The minimum atomic E-state index is 0.576. The Morgan fingerprint density at radius 3 is 2.65 bits per heavy atom. The number of benzene rings is 1. The van der Waals surface area contributed by atoms with Crippen LogP contribution in [0, 0.1) is 0 Å². The molecule has 0 heterocycles. The molecule has 0 fully saturated rings. The Morgan fingerprint density at radius 2 is 2.18 bits per heavy atom. The fourth-order valence-electron chi connectivity index (χ4n) is 1.83. The van der Waals surface area contributed by atoms with E-state index >= 15 is 0 Å². The maximum Gasteiger partial charge on any atom is 0.0377 e. The normalized spacial score (nSPS) is 12.5. The highest BCUT2D eigenvalue weighted by molar-refractivity contribution is 9.10. The Morgan fingerprint density at radius 1 is 1.47 bits per heavy atom. The Bertz CT molecular complexity index is 357. The van der Waals surface area contributed by atoms with Gasteiger partial charge in [0.2, 0.25) is 0 Å². The maximum atomic E-state index is 5.66. The second kappa shape index (κ2) is 7.29. The van der Waals surface area contributed by atoms with Crippen molar-refractivity contribution in [3.63, 3.8) is 0 Å². The second-order valence-electron chi connectivity index (χ2n) is 4.11.